The molecule has 0 radical (unpaired) electrons. The number of benzene rings is 1. The van der Waals surface area contributed by atoms with Crippen LogP contribution in [0.4, 0.5) is 0 Å². The van der Waals surface area contributed by atoms with E-state index in [1.807, 2.05) is 51.1 Å². The molecule has 1 aromatic rings. The molecule has 2 rings (SSSR count). The van der Waals surface area contributed by atoms with Crippen molar-refractivity contribution in [2.75, 3.05) is 0 Å². The van der Waals surface area contributed by atoms with Crippen LogP contribution in [0.2, 0.25) is 0 Å². The van der Waals surface area contributed by atoms with Crippen molar-refractivity contribution in [3.05, 3.63) is 47.2 Å². The molecule has 1 unspecified atom stereocenters. The summed E-state index contributed by atoms with van der Waals surface area (Å²) < 4.78 is 5.28. The van der Waals surface area contributed by atoms with Gasteiger partial charge in [-0.1, -0.05) is 37.3 Å². The summed E-state index contributed by atoms with van der Waals surface area (Å²) in [6.45, 7) is 6.21. The molecule has 0 spiro atoms. The van der Waals surface area contributed by atoms with Gasteiger partial charge in [0.25, 0.3) is 0 Å². The van der Waals surface area contributed by atoms with Crippen LogP contribution in [0.25, 0.3) is 0 Å². The van der Waals surface area contributed by atoms with Crippen LogP contribution in [0.3, 0.4) is 0 Å². The number of rotatable bonds is 3. The maximum absolute atomic E-state index is 11.9. The smallest absolute Gasteiger partial charge is 0.357 e. The Bertz CT molecular complexity index is 515. The third kappa shape index (κ3) is 2.50. The van der Waals surface area contributed by atoms with Crippen molar-refractivity contribution in [2.24, 2.45) is 10.9 Å². The third-order valence-electron chi connectivity index (χ3n) is 3.34. The van der Waals surface area contributed by atoms with Crippen molar-refractivity contribution >= 4 is 11.7 Å². The Hall–Kier alpha value is -1.90. The first kappa shape index (κ1) is 12.6. The van der Waals surface area contributed by atoms with Gasteiger partial charge in [0.15, 0.2) is 0 Å². The number of esters is 1. The first-order chi connectivity index (χ1) is 8.59. The molecule has 0 N–H and O–H groups in total. The van der Waals surface area contributed by atoms with E-state index < -0.39 is 0 Å². The Morgan fingerprint density at radius 2 is 1.94 bits per heavy atom. The molecule has 0 aromatic heterocycles. The summed E-state index contributed by atoms with van der Waals surface area (Å²) in [6, 6.07) is 9.65. The molecule has 1 aliphatic heterocycles. The monoisotopic (exact) mass is 243 g/mol. The molecule has 0 saturated heterocycles. The lowest BCUT2D eigenvalue weighted by atomic mass is 10.00. The van der Waals surface area contributed by atoms with Gasteiger partial charge in [-0.3, -0.25) is 0 Å². The summed E-state index contributed by atoms with van der Waals surface area (Å²) in [6.07, 6.45) is 0. The van der Waals surface area contributed by atoms with E-state index in [1.165, 1.54) is 0 Å². The second kappa shape index (κ2) is 5.17. The first-order valence-corrected chi connectivity index (χ1v) is 6.06. The van der Waals surface area contributed by atoms with Gasteiger partial charge in [0.1, 0.15) is 12.3 Å². The number of carbonyl (C=O) groups is 1. The van der Waals surface area contributed by atoms with Crippen LogP contribution in [0.5, 0.6) is 0 Å². The van der Waals surface area contributed by atoms with Crippen molar-refractivity contribution in [1.82, 2.24) is 0 Å². The molecule has 1 aromatic carbocycles. The Kier molecular flexibility index (Phi) is 3.60. The largest absolute Gasteiger partial charge is 0.456 e. The van der Waals surface area contributed by atoms with Gasteiger partial charge in [0.05, 0.1) is 0 Å². The van der Waals surface area contributed by atoms with Gasteiger partial charge in [-0.15, -0.1) is 0 Å². The molecule has 0 fully saturated rings. The Morgan fingerprint density at radius 3 is 2.50 bits per heavy atom. The normalized spacial score (nSPS) is 18.8. The lowest BCUT2D eigenvalue weighted by Crippen LogP contribution is -2.07. The molecule has 0 saturated carbocycles. The Morgan fingerprint density at radius 1 is 1.28 bits per heavy atom. The van der Waals surface area contributed by atoms with Crippen LogP contribution in [0.1, 0.15) is 26.3 Å². The second-order valence-corrected chi connectivity index (χ2v) is 4.57. The van der Waals surface area contributed by atoms with Crippen LogP contribution >= 0.6 is 0 Å². The highest BCUT2D eigenvalue weighted by Crippen LogP contribution is 2.26. The Labute approximate surface area is 107 Å². The van der Waals surface area contributed by atoms with Crippen LogP contribution in [0, 0.1) is 5.92 Å². The van der Waals surface area contributed by atoms with Gasteiger partial charge in [0, 0.05) is 11.6 Å². The summed E-state index contributed by atoms with van der Waals surface area (Å²) in [5.41, 5.74) is 3.41. The van der Waals surface area contributed by atoms with Gasteiger partial charge in [-0.2, -0.15) is 0 Å². The lowest BCUT2D eigenvalue weighted by Gasteiger charge is -2.06. The number of ether oxygens (including phenoxy) is 1. The number of nitrogens with zero attached hydrogens (tertiary/aromatic N) is 1. The standard InChI is InChI=1S/C15H17NO2/c1-10-11(2)14(16-12(10)3)15(17)18-9-13-7-5-4-6-8-13/h4-8,10H,9H2,1-3H3. The number of carbonyl (C=O) groups excluding carboxylic acids is 1. The molecule has 1 heterocycles. The fourth-order valence-corrected chi connectivity index (χ4v) is 1.88. The van der Waals surface area contributed by atoms with Crippen LogP contribution in [-0.4, -0.2) is 11.7 Å². The zero-order valence-corrected chi connectivity index (χ0v) is 10.9. The van der Waals surface area contributed by atoms with E-state index in [2.05, 4.69) is 4.99 Å². The molecule has 0 amide bonds. The summed E-state index contributed by atoms with van der Waals surface area (Å²) in [4.78, 5) is 16.2. The molecule has 1 aliphatic rings. The molecule has 18 heavy (non-hydrogen) atoms. The predicted octanol–water partition coefficient (Wildman–Crippen LogP) is 3.11. The topological polar surface area (TPSA) is 38.7 Å². The maximum Gasteiger partial charge on any atom is 0.357 e. The van der Waals surface area contributed by atoms with Crippen molar-refractivity contribution in [3.63, 3.8) is 0 Å². The summed E-state index contributed by atoms with van der Waals surface area (Å²) in [7, 11) is 0. The molecule has 94 valence electrons. The van der Waals surface area contributed by atoms with Crippen LogP contribution in [0.15, 0.2) is 46.6 Å². The van der Waals surface area contributed by atoms with Crippen molar-refractivity contribution < 1.29 is 9.53 Å². The van der Waals surface area contributed by atoms with E-state index in [0.29, 0.717) is 12.3 Å². The van der Waals surface area contributed by atoms with E-state index in [1.54, 1.807) is 0 Å². The van der Waals surface area contributed by atoms with E-state index in [9.17, 15) is 4.79 Å². The van der Waals surface area contributed by atoms with Crippen molar-refractivity contribution in [1.29, 1.82) is 0 Å². The Balaban J connectivity index is 2.02. The minimum absolute atomic E-state index is 0.240. The van der Waals surface area contributed by atoms with Gasteiger partial charge < -0.3 is 4.74 Å². The molecular formula is C15H17NO2. The molecule has 0 aliphatic carbocycles. The number of aliphatic imine (C=N–C) groups is 1. The highest BCUT2D eigenvalue weighted by molar-refractivity contribution is 6.00. The fourth-order valence-electron chi connectivity index (χ4n) is 1.88. The van der Waals surface area contributed by atoms with E-state index in [0.717, 1.165) is 16.8 Å². The highest BCUT2D eigenvalue weighted by Gasteiger charge is 2.25. The number of hydrogen-bond donors (Lipinski definition) is 0. The molecule has 1 atom stereocenters. The highest BCUT2D eigenvalue weighted by atomic mass is 16.5. The van der Waals surface area contributed by atoms with E-state index >= 15 is 0 Å². The quantitative estimate of drug-likeness (QED) is 0.765. The zero-order valence-electron chi connectivity index (χ0n) is 10.9. The van der Waals surface area contributed by atoms with Gasteiger partial charge in [-0.05, 0) is 25.0 Å². The predicted molar refractivity (Wildman–Crippen MR) is 71.2 cm³/mol. The average Bonchev–Trinajstić information content (AvgIpc) is 2.65. The van der Waals surface area contributed by atoms with E-state index in [4.69, 9.17) is 4.74 Å². The minimum atomic E-state index is -0.333. The molecule has 3 nitrogen and oxygen atoms in total. The SMILES string of the molecule is CC1=NC(C(=O)OCc2ccccc2)=C(C)C1C. The zero-order chi connectivity index (χ0) is 13.1. The minimum Gasteiger partial charge on any atom is -0.456 e. The van der Waals surface area contributed by atoms with Crippen molar-refractivity contribution in [2.45, 2.75) is 27.4 Å². The summed E-state index contributed by atoms with van der Waals surface area (Å²) in [5.74, 6) is -0.0932. The van der Waals surface area contributed by atoms with Crippen LogP contribution < -0.4 is 0 Å². The molecular weight excluding hydrogens is 226 g/mol. The maximum atomic E-state index is 11.9. The fraction of sp³-hybridized carbons (Fsp3) is 0.333. The van der Waals surface area contributed by atoms with Gasteiger partial charge >= 0.3 is 5.97 Å². The van der Waals surface area contributed by atoms with Crippen LogP contribution in [-0.2, 0) is 16.1 Å². The molecule has 0 bridgehead atoms. The third-order valence-corrected chi connectivity index (χ3v) is 3.34. The van der Waals surface area contributed by atoms with E-state index in [-0.39, 0.29) is 11.9 Å². The average molecular weight is 243 g/mol. The number of hydrogen-bond acceptors (Lipinski definition) is 3. The summed E-state index contributed by atoms with van der Waals surface area (Å²) in [5, 5.41) is 0. The number of allylic oxidation sites excluding steroid dienone is 1. The second-order valence-electron chi connectivity index (χ2n) is 4.57. The molecule has 3 heteroatoms. The van der Waals surface area contributed by atoms with Gasteiger partial charge in [0.2, 0.25) is 0 Å². The van der Waals surface area contributed by atoms with Gasteiger partial charge in [-0.25, -0.2) is 9.79 Å². The summed E-state index contributed by atoms with van der Waals surface area (Å²) >= 11 is 0. The lowest BCUT2D eigenvalue weighted by molar-refractivity contribution is -0.140. The van der Waals surface area contributed by atoms with Crippen molar-refractivity contribution in [3.8, 4) is 0 Å². The first-order valence-electron chi connectivity index (χ1n) is 6.06.